The topological polar surface area (TPSA) is 37.3 Å². The summed E-state index contributed by atoms with van der Waals surface area (Å²) in [5, 5.41) is 10.1. The van der Waals surface area contributed by atoms with Gasteiger partial charge in [0.2, 0.25) is 0 Å². The van der Waals surface area contributed by atoms with Gasteiger partial charge in [-0.25, -0.2) is 0 Å². The summed E-state index contributed by atoms with van der Waals surface area (Å²) in [5.41, 5.74) is 0. The van der Waals surface area contributed by atoms with Crippen LogP contribution >= 0.6 is 23.1 Å². The van der Waals surface area contributed by atoms with Crippen molar-refractivity contribution in [1.82, 2.24) is 0 Å². The highest BCUT2D eigenvalue weighted by molar-refractivity contribution is 8.09. The smallest absolute Gasteiger partial charge is 0.160 e. The van der Waals surface area contributed by atoms with Crippen LogP contribution < -0.4 is 0 Å². The van der Waals surface area contributed by atoms with Crippen LogP contribution in [0.25, 0.3) is 4.91 Å². The van der Waals surface area contributed by atoms with E-state index in [1.807, 2.05) is 0 Å². The van der Waals surface area contributed by atoms with Crippen LogP contribution in [0.2, 0.25) is 0 Å². The molecule has 0 saturated carbocycles. The van der Waals surface area contributed by atoms with E-state index in [0.29, 0.717) is 10.1 Å². The molecule has 0 aromatic carbocycles. The first kappa shape index (κ1) is 13.3. The predicted molar refractivity (Wildman–Crippen MR) is 72.4 cm³/mol. The second-order valence-corrected chi connectivity index (χ2v) is 6.24. The van der Waals surface area contributed by atoms with Gasteiger partial charge in [-0.05, 0) is 6.42 Å². The van der Waals surface area contributed by atoms with Gasteiger partial charge in [0.25, 0.3) is 0 Å². The Morgan fingerprint density at radius 1 is 1.75 bits per heavy atom. The third-order valence-corrected chi connectivity index (χ3v) is 4.50. The lowest BCUT2D eigenvalue weighted by Gasteiger charge is -2.10. The molecule has 0 aliphatic carbocycles. The summed E-state index contributed by atoms with van der Waals surface area (Å²) in [4.78, 5) is 12.7. The zero-order valence-corrected chi connectivity index (χ0v) is 11.2. The highest BCUT2D eigenvalue weighted by Gasteiger charge is 2.13. The Morgan fingerprint density at radius 3 is 2.94 bits per heavy atom. The first-order chi connectivity index (χ1) is 7.58. The Balaban J connectivity index is 2.72. The van der Waals surface area contributed by atoms with Crippen LogP contribution in [0.15, 0.2) is 12.6 Å². The number of aromatic hydroxyl groups is 1. The van der Waals surface area contributed by atoms with Crippen LogP contribution in [-0.4, -0.2) is 16.6 Å². The number of thiophene rings is 1. The quantitative estimate of drug-likeness (QED) is 0.777. The highest BCUT2D eigenvalue weighted by atomic mass is 32.2. The molecule has 1 N–H and O–H groups in total. The van der Waals surface area contributed by atoms with Gasteiger partial charge in [0.05, 0.1) is 9.75 Å². The Hall–Kier alpha value is -0.740. The maximum Gasteiger partial charge on any atom is 0.160 e. The molecule has 0 bridgehead atoms. The van der Waals surface area contributed by atoms with E-state index in [0.717, 1.165) is 28.9 Å². The van der Waals surface area contributed by atoms with E-state index in [9.17, 15) is 9.90 Å². The Labute approximate surface area is 104 Å². The summed E-state index contributed by atoms with van der Waals surface area (Å²) in [6, 6.07) is 1.49. The zero-order chi connectivity index (χ0) is 12.1. The van der Waals surface area contributed by atoms with E-state index in [4.69, 9.17) is 0 Å². The summed E-state index contributed by atoms with van der Waals surface area (Å²) in [5.74, 6) is 0.160. The molecular formula is C12H16O2S2. The summed E-state index contributed by atoms with van der Waals surface area (Å²) < 4.78 is 0. The molecule has 0 aliphatic heterocycles. The molecule has 1 atom stereocenters. The SMILES string of the molecule is C=C(SC(C)CCC)c1sc(C=O)cc1O. The van der Waals surface area contributed by atoms with Crippen LogP contribution in [0.1, 0.15) is 41.2 Å². The third-order valence-electron chi connectivity index (χ3n) is 2.14. The van der Waals surface area contributed by atoms with E-state index >= 15 is 0 Å². The Bertz CT molecular complexity index is 382. The molecule has 0 saturated heterocycles. The molecule has 88 valence electrons. The summed E-state index contributed by atoms with van der Waals surface area (Å²) in [6.45, 7) is 8.24. The van der Waals surface area contributed by atoms with E-state index in [1.165, 1.54) is 17.4 Å². The Kier molecular flexibility index (Phi) is 5.09. The minimum Gasteiger partial charge on any atom is -0.506 e. The van der Waals surface area contributed by atoms with Crippen LogP contribution in [0.3, 0.4) is 0 Å². The average molecular weight is 256 g/mol. The van der Waals surface area contributed by atoms with Crippen molar-refractivity contribution in [2.45, 2.75) is 31.9 Å². The lowest BCUT2D eigenvalue weighted by atomic mass is 10.3. The van der Waals surface area contributed by atoms with E-state index in [2.05, 4.69) is 20.4 Å². The van der Waals surface area contributed by atoms with Crippen LogP contribution in [-0.2, 0) is 0 Å². The molecule has 1 aromatic rings. The third kappa shape index (κ3) is 3.39. The molecule has 1 aromatic heterocycles. The lowest BCUT2D eigenvalue weighted by molar-refractivity contribution is 0.112. The van der Waals surface area contributed by atoms with Crippen LogP contribution in [0.4, 0.5) is 0 Å². The monoisotopic (exact) mass is 256 g/mol. The normalized spacial score (nSPS) is 12.4. The number of thioether (sulfide) groups is 1. The maximum atomic E-state index is 10.6. The van der Waals surface area contributed by atoms with Crippen LogP contribution in [0.5, 0.6) is 5.75 Å². The average Bonchev–Trinajstić information content (AvgIpc) is 2.60. The second kappa shape index (κ2) is 6.11. The molecular weight excluding hydrogens is 240 g/mol. The molecule has 0 fully saturated rings. The van der Waals surface area contributed by atoms with Gasteiger partial charge < -0.3 is 5.11 Å². The fourth-order valence-electron chi connectivity index (χ4n) is 1.42. The van der Waals surface area contributed by atoms with Crippen molar-refractivity contribution in [1.29, 1.82) is 0 Å². The van der Waals surface area contributed by atoms with Gasteiger partial charge >= 0.3 is 0 Å². The molecule has 1 rings (SSSR count). The van der Waals surface area contributed by atoms with Gasteiger partial charge in [-0.15, -0.1) is 23.1 Å². The maximum absolute atomic E-state index is 10.6. The summed E-state index contributed by atoms with van der Waals surface area (Å²) in [6.07, 6.45) is 3.01. The molecule has 0 aliphatic rings. The second-order valence-electron chi connectivity index (χ2n) is 3.62. The summed E-state index contributed by atoms with van der Waals surface area (Å²) in [7, 11) is 0. The highest BCUT2D eigenvalue weighted by Crippen LogP contribution is 2.40. The molecule has 1 heterocycles. The minimum absolute atomic E-state index is 0.160. The number of aldehydes is 1. The van der Waals surface area contributed by atoms with Gasteiger partial charge in [0.15, 0.2) is 6.29 Å². The first-order valence-electron chi connectivity index (χ1n) is 5.22. The minimum atomic E-state index is 0.160. The fourth-order valence-corrected chi connectivity index (χ4v) is 3.47. The fraction of sp³-hybridized carbons (Fsp3) is 0.417. The molecule has 0 radical (unpaired) electrons. The van der Waals surface area contributed by atoms with E-state index in [1.54, 1.807) is 11.8 Å². The standard InChI is InChI=1S/C12H16O2S2/c1-4-5-8(2)15-9(3)12-11(14)6-10(7-13)16-12/h6-8,14H,3-5H2,1-2H3. The van der Waals surface area contributed by atoms with Gasteiger partial charge in [0.1, 0.15) is 5.75 Å². The van der Waals surface area contributed by atoms with Crippen molar-refractivity contribution in [3.8, 4) is 5.75 Å². The van der Waals surface area contributed by atoms with Crippen molar-refractivity contribution >= 4 is 34.3 Å². The van der Waals surface area contributed by atoms with Crippen molar-refractivity contribution in [3.05, 3.63) is 22.4 Å². The first-order valence-corrected chi connectivity index (χ1v) is 6.92. The van der Waals surface area contributed by atoms with Gasteiger partial charge in [-0.2, -0.15) is 0 Å². The van der Waals surface area contributed by atoms with Crippen molar-refractivity contribution in [2.24, 2.45) is 0 Å². The molecule has 0 spiro atoms. The van der Waals surface area contributed by atoms with Crippen molar-refractivity contribution in [2.75, 3.05) is 0 Å². The molecule has 4 heteroatoms. The van der Waals surface area contributed by atoms with Crippen molar-refractivity contribution in [3.63, 3.8) is 0 Å². The van der Waals surface area contributed by atoms with Crippen LogP contribution in [0, 0.1) is 0 Å². The summed E-state index contributed by atoms with van der Waals surface area (Å²) >= 11 is 2.94. The largest absolute Gasteiger partial charge is 0.506 e. The number of hydrogen-bond donors (Lipinski definition) is 1. The number of hydrogen-bond acceptors (Lipinski definition) is 4. The van der Waals surface area contributed by atoms with Gasteiger partial charge in [-0.3, -0.25) is 4.79 Å². The molecule has 0 amide bonds. The number of carbonyl (C=O) groups is 1. The molecule has 16 heavy (non-hydrogen) atoms. The zero-order valence-electron chi connectivity index (χ0n) is 9.53. The van der Waals surface area contributed by atoms with E-state index < -0.39 is 0 Å². The van der Waals surface area contributed by atoms with Gasteiger partial charge in [-0.1, -0.05) is 26.8 Å². The van der Waals surface area contributed by atoms with Crippen molar-refractivity contribution < 1.29 is 9.90 Å². The Morgan fingerprint density at radius 2 is 2.44 bits per heavy atom. The lowest BCUT2D eigenvalue weighted by Crippen LogP contribution is -1.94. The predicted octanol–water partition coefficient (Wildman–Crippen LogP) is 4.16. The number of carbonyl (C=O) groups excluding carboxylic acids is 1. The van der Waals surface area contributed by atoms with E-state index in [-0.39, 0.29) is 5.75 Å². The molecule has 2 nitrogen and oxygen atoms in total. The molecule has 1 unspecified atom stereocenters. The number of rotatable bonds is 6. The van der Waals surface area contributed by atoms with Gasteiger partial charge in [0, 0.05) is 16.2 Å².